The van der Waals surface area contributed by atoms with E-state index < -0.39 is 17.2 Å². The Bertz CT molecular complexity index is 559. The molecule has 0 bridgehead atoms. The van der Waals surface area contributed by atoms with Crippen LogP contribution in [0, 0.1) is 11.6 Å². The van der Waals surface area contributed by atoms with E-state index in [4.69, 9.17) is 0 Å². The van der Waals surface area contributed by atoms with E-state index >= 15 is 0 Å². The van der Waals surface area contributed by atoms with Crippen molar-refractivity contribution in [3.05, 3.63) is 69.7 Å². The first-order valence-corrected chi connectivity index (χ1v) is 6.59. The number of halogens is 3. The lowest BCUT2D eigenvalue weighted by atomic mass is 9.89. The molecule has 0 fully saturated rings. The molecule has 0 aliphatic heterocycles. The SMILES string of the molecule is CC(O)(Cc1cc(F)cc(F)c1)c1ccc(Br)cc1. The summed E-state index contributed by atoms with van der Waals surface area (Å²) in [6.07, 6.45) is 0.142. The van der Waals surface area contributed by atoms with Crippen molar-refractivity contribution in [3.8, 4) is 0 Å². The van der Waals surface area contributed by atoms with E-state index in [0.29, 0.717) is 11.1 Å². The molecule has 0 radical (unpaired) electrons. The second kappa shape index (κ2) is 5.39. The van der Waals surface area contributed by atoms with Gasteiger partial charge < -0.3 is 5.11 Å². The zero-order valence-corrected chi connectivity index (χ0v) is 11.9. The first-order chi connectivity index (χ1) is 8.87. The Morgan fingerprint density at radius 3 is 2.11 bits per heavy atom. The summed E-state index contributed by atoms with van der Waals surface area (Å²) in [5, 5.41) is 10.5. The van der Waals surface area contributed by atoms with E-state index in [1.165, 1.54) is 12.1 Å². The van der Waals surface area contributed by atoms with Crippen LogP contribution in [0.25, 0.3) is 0 Å². The molecule has 0 aromatic heterocycles. The Kier molecular flexibility index (Phi) is 4.02. The van der Waals surface area contributed by atoms with Gasteiger partial charge in [0.15, 0.2) is 0 Å². The summed E-state index contributed by atoms with van der Waals surface area (Å²) in [5.41, 5.74) is -0.0632. The first kappa shape index (κ1) is 14.2. The number of aliphatic hydroxyl groups is 1. The average Bonchev–Trinajstić information content (AvgIpc) is 2.27. The van der Waals surface area contributed by atoms with Crippen molar-refractivity contribution < 1.29 is 13.9 Å². The molecule has 2 aromatic carbocycles. The minimum atomic E-state index is -1.18. The van der Waals surface area contributed by atoms with Gasteiger partial charge in [0.25, 0.3) is 0 Å². The fourth-order valence-electron chi connectivity index (χ4n) is 2.02. The fourth-order valence-corrected chi connectivity index (χ4v) is 2.29. The summed E-state index contributed by atoms with van der Waals surface area (Å²) in [7, 11) is 0. The molecular formula is C15H13BrF2O. The van der Waals surface area contributed by atoms with Crippen LogP contribution in [0.1, 0.15) is 18.1 Å². The molecule has 4 heteroatoms. The lowest BCUT2D eigenvalue weighted by molar-refractivity contribution is 0.0575. The summed E-state index contributed by atoms with van der Waals surface area (Å²) in [6.45, 7) is 1.62. The van der Waals surface area contributed by atoms with Gasteiger partial charge in [-0.05, 0) is 42.3 Å². The molecule has 0 heterocycles. The summed E-state index contributed by atoms with van der Waals surface area (Å²) in [4.78, 5) is 0. The molecule has 1 atom stereocenters. The highest BCUT2D eigenvalue weighted by molar-refractivity contribution is 9.10. The van der Waals surface area contributed by atoms with Crippen LogP contribution in [0.2, 0.25) is 0 Å². The molecule has 2 rings (SSSR count). The lowest BCUT2D eigenvalue weighted by Gasteiger charge is -2.24. The highest BCUT2D eigenvalue weighted by Gasteiger charge is 2.24. The van der Waals surface area contributed by atoms with Crippen LogP contribution in [0.5, 0.6) is 0 Å². The van der Waals surface area contributed by atoms with Crippen molar-refractivity contribution in [2.24, 2.45) is 0 Å². The van der Waals surface area contributed by atoms with E-state index in [9.17, 15) is 13.9 Å². The third-order valence-corrected chi connectivity index (χ3v) is 3.47. The van der Waals surface area contributed by atoms with Crippen LogP contribution in [0.15, 0.2) is 46.9 Å². The molecule has 0 aliphatic carbocycles. The zero-order valence-electron chi connectivity index (χ0n) is 10.3. The van der Waals surface area contributed by atoms with Crippen LogP contribution in [-0.2, 0) is 12.0 Å². The van der Waals surface area contributed by atoms with Gasteiger partial charge in [-0.2, -0.15) is 0 Å². The Labute approximate surface area is 119 Å². The topological polar surface area (TPSA) is 20.2 Å². The molecule has 0 spiro atoms. The number of benzene rings is 2. The quantitative estimate of drug-likeness (QED) is 0.897. The largest absolute Gasteiger partial charge is 0.385 e. The third-order valence-electron chi connectivity index (χ3n) is 2.94. The van der Waals surface area contributed by atoms with Crippen molar-refractivity contribution in [1.29, 1.82) is 0 Å². The van der Waals surface area contributed by atoms with Crippen LogP contribution >= 0.6 is 15.9 Å². The number of hydrogen-bond donors (Lipinski definition) is 1. The van der Waals surface area contributed by atoms with Gasteiger partial charge in [-0.15, -0.1) is 0 Å². The van der Waals surface area contributed by atoms with Gasteiger partial charge in [0.2, 0.25) is 0 Å². The van der Waals surface area contributed by atoms with E-state index in [2.05, 4.69) is 15.9 Å². The normalized spacial score (nSPS) is 14.2. The first-order valence-electron chi connectivity index (χ1n) is 5.80. The summed E-state index contributed by atoms with van der Waals surface area (Å²) in [5.74, 6) is -1.27. The molecule has 1 N–H and O–H groups in total. The smallest absolute Gasteiger partial charge is 0.126 e. The van der Waals surface area contributed by atoms with Crippen molar-refractivity contribution in [2.45, 2.75) is 18.9 Å². The number of rotatable bonds is 3. The minimum absolute atomic E-state index is 0.142. The maximum absolute atomic E-state index is 13.1. The molecule has 0 amide bonds. The maximum atomic E-state index is 13.1. The molecule has 0 aliphatic rings. The van der Waals surface area contributed by atoms with Crippen LogP contribution < -0.4 is 0 Å². The van der Waals surface area contributed by atoms with E-state index in [-0.39, 0.29) is 6.42 Å². The third kappa shape index (κ3) is 3.61. The fraction of sp³-hybridized carbons (Fsp3) is 0.200. The summed E-state index contributed by atoms with van der Waals surface area (Å²) in [6, 6.07) is 10.5. The van der Waals surface area contributed by atoms with Gasteiger partial charge in [0.1, 0.15) is 11.6 Å². The zero-order chi connectivity index (χ0) is 14.0. The lowest BCUT2D eigenvalue weighted by Crippen LogP contribution is -2.24. The molecule has 0 saturated heterocycles. The average molecular weight is 327 g/mol. The van der Waals surface area contributed by atoms with Crippen LogP contribution in [0.3, 0.4) is 0 Å². The van der Waals surface area contributed by atoms with Gasteiger partial charge in [-0.25, -0.2) is 8.78 Å². The minimum Gasteiger partial charge on any atom is -0.385 e. The van der Waals surface area contributed by atoms with E-state index in [1.54, 1.807) is 19.1 Å². The monoisotopic (exact) mass is 326 g/mol. The Hall–Kier alpha value is -1.26. The standard InChI is InChI=1S/C15H13BrF2O/c1-15(19,11-2-4-12(16)5-3-11)9-10-6-13(17)8-14(18)7-10/h2-8,19H,9H2,1H3. The van der Waals surface area contributed by atoms with Gasteiger partial charge in [0, 0.05) is 17.0 Å². The van der Waals surface area contributed by atoms with Crippen LogP contribution in [0.4, 0.5) is 8.78 Å². The summed E-state index contributed by atoms with van der Waals surface area (Å²) < 4.78 is 27.2. The van der Waals surface area contributed by atoms with E-state index in [0.717, 1.165) is 10.5 Å². The molecule has 0 saturated carbocycles. The molecule has 2 aromatic rings. The summed E-state index contributed by atoms with van der Waals surface area (Å²) >= 11 is 3.32. The molecular weight excluding hydrogens is 314 g/mol. The van der Waals surface area contributed by atoms with Crippen LogP contribution in [-0.4, -0.2) is 5.11 Å². The van der Waals surface area contributed by atoms with Crippen molar-refractivity contribution >= 4 is 15.9 Å². The number of hydrogen-bond acceptors (Lipinski definition) is 1. The maximum Gasteiger partial charge on any atom is 0.126 e. The molecule has 19 heavy (non-hydrogen) atoms. The van der Waals surface area contributed by atoms with Crippen molar-refractivity contribution in [1.82, 2.24) is 0 Å². The van der Waals surface area contributed by atoms with E-state index in [1.807, 2.05) is 12.1 Å². The van der Waals surface area contributed by atoms with Crippen molar-refractivity contribution in [2.75, 3.05) is 0 Å². The highest BCUT2D eigenvalue weighted by Crippen LogP contribution is 2.27. The predicted molar refractivity (Wildman–Crippen MR) is 73.8 cm³/mol. The van der Waals surface area contributed by atoms with Gasteiger partial charge in [-0.1, -0.05) is 28.1 Å². The second-order valence-electron chi connectivity index (χ2n) is 4.74. The molecule has 100 valence electrons. The van der Waals surface area contributed by atoms with Gasteiger partial charge in [0.05, 0.1) is 5.60 Å². The second-order valence-corrected chi connectivity index (χ2v) is 5.65. The Balaban J connectivity index is 2.27. The predicted octanol–water partition coefficient (Wildman–Crippen LogP) is 4.18. The van der Waals surface area contributed by atoms with Crippen molar-refractivity contribution in [3.63, 3.8) is 0 Å². The molecule has 1 nitrogen and oxygen atoms in total. The Morgan fingerprint density at radius 1 is 1.05 bits per heavy atom. The highest BCUT2D eigenvalue weighted by atomic mass is 79.9. The van der Waals surface area contributed by atoms with Gasteiger partial charge >= 0.3 is 0 Å². The van der Waals surface area contributed by atoms with Gasteiger partial charge in [-0.3, -0.25) is 0 Å². The Morgan fingerprint density at radius 2 is 1.58 bits per heavy atom. The molecule has 1 unspecified atom stereocenters.